The molecule has 1 aliphatic rings. The van der Waals surface area contributed by atoms with Gasteiger partial charge >= 0.3 is 0 Å². The molecule has 2 nitrogen and oxygen atoms in total. The van der Waals surface area contributed by atoms with Crippen LogP contribution in [-0.4, -0.2) is 18.9 Å². The molecule has 1 N–H and O–H groups in total. The zero-order valence-corrected chi connectivity index (χ0v) is 12.2. The third-order valence-corrected chi connectivity index (χ3v) is 3.74. The molecule has 1 aliphatic heterocycles. The molecule has 0 radical (unpaired) electrons. The average molecular weight is 268 g/mol. The standard InChI is InChI=1S/C13H16ClNO.C2H6/c1-10(16)13(5-7-15-8-6-13)11-3-2-4-12(14)9-11;1-2/h2-4,9,15H,5-8H2,1H3;1-2H3. The number of rotatable bonds is 2. The number of hydrogen-bond acceptors (Lipinski definition) is 2. The predicted octanol–water partition coefficient (Wildman–Crippen LogP) is 3.58. The van der Waals surface area contributed by atoms with Crippen LogP contribution in [0, 0.1) is 0 Å². The van der Waals surface area contributed by atoms with E-state index in [0.717, 1.165) is 31.5 Å². The molecule has 0 unspecified atom stereocenters. The second-order valence-corrected chi connectivity index (χ2v) is 4.84. The Balaban J connectivity index is 0.000000771. The monoisotopic (exact) mass is 267 g/mol. The molecule has 2 rings (SSSR count). The summed E-state index contributed by atoms with van der Waals surface area (Å²) in [4.78, 5) is 12.0. The van der Waals surface area contributed by atoms with E-state index in [1.807, 2.05) is 38.1 Å². The quantitative estimate of drug-likeness (QED) is 0.887. The van der Waals surface area contributed by atoms with Crippen LogP contribution < -0.4 is 5.32 Å². The number of ketones is 1. The maximum Gasteiger partial charge on any atom is 0.140 e. The highest BCUT2D eigenvalue weighted by Gasteiger charge is 2.38. The summed E-state index contributed by atoms with van der Waals surface area (Å²) in [5.41, 5.74) is 0.741. The van der Waals surface area contributed by atoms with Crippen molar-refractivity contribution in [1.29, 1.82) is 0 Å². The third-order valence-electron chi connectivity index (χ3n) is 3.51. The van der Waals surface area contributed by atoms with E-state index in [-0.39, 0.29) is 11.2 Å². The van der Waals surface area contributed by atoms with Crippen molar-refractivity contribution in [2.75, 3.05) is 13.1 Å². The zero-order valence-electron chi connectivity index (χ0n) is 11.4. The van der Waals surface area contributed by atoms with Crippen LogP contribution in [0.1, 0.15) is 39.2 Å². The summed E-state index contributed by atoms with van der Waals surface area (Å²) in [5.74, 6) is 0.247. The number of carbonyl (C=O) groups is 1. The van der Waals surface area contributed by atoms with Crippen LogP contribution in [0.2, 0.25) is 5.02 Å². The topological polar surface area (TPSA) is 29.1 Å². The summed E-state index contributed by atoms with van der Waals surface area (Å²) in [5, 5.41) is 4.00. The van der Waals surface area contributed by atoms with E-state index in [0.29, 0.717) is 5.02 Å². The Morgan fingerprint density at radius 1 is 1.28 bits per heavy atom. The summed E-state index contributed by atoms with van der Waals surface area (Å²) in [6.07, 6.45) is 1.73. The molecule has 0 bridgehead atoms. The molecule has 0 aromatic heterocycles. The molecule has 1 heterocycles. The molecule has 0 aliphatic carbocycles. The summed E-state index contributed by atoms with van der Waals surface area (Å²) >= 11 is 6.00. The van der Waals surface area contributed by atoms with E-state index in [1.165, 1.54) is 0 Å². The Morgan fingerprint density at radius 2 is 1.89 bits per heavy atom. The van der Waals surface area contributed by atoms with Crippen LogP contribution in [0.5, 0.6) is 0 Å². The minimum Gasteiger partial charge on any atom is -0.317 e. The highest BCUT2D eigenvalue weighted by Crippen LogP contribution is 2.35. The van der Waals surface area contributed by atoms with E-state index < -0.39 is 0 Å². The van der Waals surface area contributed by atoms with Crippen molar-refractivity contribution in [2.24, 2.45) is 0 Å². The molecule has 0 amide bonds. The van der Waals surface area contributed by atoms with Gasteiger partial charge in [-0.15, -0.1) is 0 Å². The van der Waals surface area contributed by atoms with Crippen LogP contribution in [0.15, 0.2) is 24.3 Å². The van der Waals surface area contributed by atoms with E-state index >= 15 is 0 Å². The van der Waals surface area contributed by atoms with Gasteiger partial charge in [0.15, 0.2) is 0 Å². The molecule has 1 aromatic rings. The van der Waals surface area contributed by atoms with E-state index in [1.54, 1.807) is 6.92 Å². The van der Waals surface area contributed by atoms with Gasteiger partial charge < -0.3 is 5.32 Å². The number of Topliss-reactive ketones (excluding diaryl/α,β-unsaturated/α-hetero) is 1. The molecule has 0 saturated carbocycles. The van der Waals surface area contributed by atoms with Crippen LogP contribution in [-0.2, 0) is 10.2 Å². The molecule has 100 valence electrons. The Kier molecular flexibility index (Phi) is 5.83. The van der Waals surface area contributed by atoms with Crippen LogP contribution >= 0.6 is 11.6 Å². The fraction of sp³-hybridized carbons (Fsp3) is 0.533. The van der Waals surface area contributed by atoms with Crippen molar-refractivity contribution in [1.82, 2.24) is 5.32 Å². The highest BCUT2D eigenvalue weighted by molar-refractivity contribution is 6.30. The largest absolute Gasteiger partial charge is 0.317 e. The van der Waals surface area contributed by atoms with Gasteiger partial charge in [-0.25, -0.2) is 0 Å². The zero-order chi connectivity index (χ0) is 13.6. The first-order valence-corrected chi connectivity index (χ1v) is 7.01. The molecule has 0 atom stereocenters. The number of nitrogens with one attached hydrogen (secondary N) is 1. The van der Waals surface area contributed by atoms with Gasteiger partial charge in [0.25, 0.3) is 0 Å². The van der Waals surface area contributed by atoms with Crippen molar-refractivity contribution in [2.45, 2.75) is 39.0 Å². The smallest absolute Gasteiger partial charge is 0.140 e. The molecular formula is C15H22ClNO. The molecule has 3 heteroatoms. The molecular weight excluding hydrogens is 246 g/mol. The van der Waals surface area contributed by atoms with Crippen molar-refractivity contribution in [3.63, 3.8) is 0 Å². The predicted molar refractivity (Wildman–Crippen MR) is 77.3 cm³/mol. The molecule has 1 fully saturated rings. The third kappa shape index (κ3) is 3.12. The van der Waals surface area contributed by atoms with Gasteiger partial charge in [0.1, 0.15) is 5.78 Å². The van der Waals surface area contributed by atoms with Gasteiger partial charge in [-0.2, -0.15) is 0 Å². The van der Waals surface area contributed by atoms with Gasteiger partial charge in [0.2, 0.25) is 0 Å². The first-order chi connectivity index (χ1) is 8.65. The summed E-state index contributed by atoms with van der Waals surface area (Å²) < 4.78 is 0. The molecule has 1 aromatic carbocycles. The Bertz CT molecular complexity index is 397. The van der Waals surface area contributed by atoms with Crippen molar-refractivity contribution in [3.05, 3.63) is 34.9 Å². The Labute approximate surface area is 115 Å². The van der Waals surface area contributed by atoms with Crippen molar-refractivity contribution >= 4 is 17.4 Å². The average Bonchev–Trinajstić information content (AvgIpc) is 2.41. The number of benzene rings is 1. The van der Waals surface area contributed by atoms with Crippen molar-refractivity contribution in [3.8, 4) is 0 Å². The molecule has 0 spiro atoms. The lowest BCUT2D eigenvalue weighted by molar-refractivity contribution is -0.123. The maximum atomic E-state index is 12.0. The first kappa shape index (κ1) is 15.2. The first-order valence-electron chi connectivity index (χ1n) is 6.63. The molecule has 18 heavy (non-hydrogen) atoms. The fourth-order valence-corrected chi connectivity index (χ4v) is 2.67. The Hall–Kier alpha value is -0.860. The van der Waals surface area contributed by atoms with Gasteiger partial charge in [-0.3, -0.25) is 4.79 Å². The summed E-state index contributed by atoms with van der Waals surface area (Å²) in [6, 6.07) is 7.71. The van der Waals surface area contributed by atoms with Gasteiger partial charge in [-0.1, -0.05) is 37.6 Å². The summed E-state index contributed by atoms with van der Waals surface area (Å²) in [7, 11) is 0. The second kappa shape index (κ2) is 6.91. The lowest BCUT2D eigenvalue weighted by atomic mass is 9.70. The lowest BCUT2D eigenvalue weighted by Gasteiger charge is -2.36. The van der Waals surface area contributed by atoms with Crippen LogP contribution in [0.4, 0.5) is 0 Å². The number of hydrogen-bond donors (Lipinski definition) is 1. The van der Waals surface area contributed by atoms with Crippen molar-refractivity contribution < 1.29 is 4.79 Å². The van der Waals surface area contributed by atoms with Gasteiger partial charge in [-0.05, 0) is 50.6 Å². The fourth-order valence-electron chi connectivity index (χ4n) is 2.48. The SMILES string of the molecule is CC.CC(=O)C1(c2cccc(Cl)c2)CCNCC1. The normalized spacial score (nSPS) is 17.6. The van der Waals surface area contributed by atoms with E-state index in [4.69, 9.17) is 11.6 Å². The van der Waals surface area contributed by atoms with Gasteiger partial charge in [0, 0.05) is 5.02 Å². The number of piperidine rings is 1. The van der Waals surface area contributed by atoms with Crippen LogP contribution in [0.3, 0.4) is 0 Å². The maximum absolute atomic E-state index is 12.0. The van der Waals surface area contributed by atoms with E-state index in [9.17, 15) is 4.79 Å². The van der Waals surface area contributed by atoms with Gasteiger partial charge in [0.05, 0.1) is 5.41 Å². The second-order valence-electron chi connectivity index (χ2n) is 4.40. The molecule has 1 saturated heterocycles. The minimum atomic E-state index is -0.323. The number of halogens is 1. The Morgan fingerprint density at radius 3 is 2.39 bits per heavy atom. The highest BCUT2D eigenvalue weighted by atomic mass is 35.5. The minimum absolute atomic E-state index is 0.247. The van der Waals surface area contributed by atoms with Crippen LogP contribution in [0.25, 0.3) is 0 Å². The number of carbonyl (C=O) groups excluding carboxylic acids is 1. The lowest BCUT2D eigenvalue weighted by Crippen LogP contribution is -2.44. The van der Waals surface area contributed by atoms with E-state index in [2.05, 4.69) is 5.32 Å². The summed E-state index contributed by atoms with van der Waals surface area (Å²) in [6.45, 7) is 7.48.